The number of rotatable bonds is 3. The number of halogens is 4. The van der Waals surface area contributed by atoms with Crippen LogP contribution in [-0.2, 0) is 0 Å². The lowest BCUT2D eigenvalue weighted by Gasteiger charge is -2.33. The van der Waals surface area contributed by atoms with Gasteiger partial charge in [0.15, 0.2) is 5.69 Å². The van der Waals surface area contributed by atoms with Gasteiger partial charge in [-0.1, -0.05) is 12.8 Å². The molecule has 2 unspecified atom stereocenters. The van der Waals surface area contributed by atoms with Gasteiger partial charge in [-0.3, -0.25) is 4.79 Å². The molecule has 1 aromatic heterocycles. The number of hydrogen-bond acceptors (Lipinski definition) is 2. The number of amides is 1. The number of nitrogens with one attached hydrogen (secondary N) is 1. The number of benzene rings is 1. The average molecular weight is 355 g/mol. The Bertz CT molecular complexity index is 739. The molecule has 1 N–H and O–H groups in total. The first-order chi connectivity index (χ1) is 11.8. The highest BCUT2D eigenvalue weighted by Gasteiger charge is 2.46. The molecule has 1 aliphatic rings. The highest BCUT2D eigenvalue weighted by atomic mass is 19.4. The molecule has 2 atom stereocenters. The summed E-state index contributed by atoms with van der Waals surface area (Å²) < 4.78 is 53.6. The van der Waals surface area contributed by atoms with Crippen molar-refractivity contribution in [2.45, 2.75) is 37.9 Å². The summed E-state index contributed by atoms with van der Waals surface area (Å²) >= 11 is 0. The van der Waals surface area contributed by atoms with Gasteiger partial charge >= 0.3 is 6.18 Å². The molecule has 2 aromatic rings. The zero-order valence-corrected chi connectivity index (χ0v) is 13.3. The van der Waals surface area contributed by atoms with E-state index < -0.39 is 29.9 Å². The van der Waals surface area contributed by atoms with E-state index >= 15 is 0 Å². The van der Waals surface area contributed by atoms with Crippen LogP contribution < -0.4 is 5.32 Å². The first-order valence-electron chi connectivity index (χ1n) is 8.04. The van der Waals surface area contributed by atoms with E-state index in [9.17, 15) is 22.4 Å². The van der Waals surface area contributed by atoms with Crippen LogP contribution in [0.2, 0.25) is 0 Å². The highest BCUT2D eigenvalue weighted by Crippen LogP contribution is 2.37. The zero-order chi connectivity index (χ0) is 18.0. The van der Waals surface area contributed by atoms with Gasteiger partial charge in [0.25, 0.3) is 5.91 Å². The van der Waals surface area contributed by atoms with Crippen molar-refractivity contribution in [1.29, 1.82) is 0 Å². The minimum absolute atomic E-state index is 0.0239. The second-order valence-corrected chi connectivity index (χ2v) is 6.13. The number of alkyl halides is 3. The summed E-state index contributed by atoms with van der Waals surface area (Å²) in [7, 11) is 0. The topological polar surface area (TPSA) is 46.9 Å². The van der Waals surface area contributed by atoms with Gasteiger partial charge in [0.1, 0.15) is 5.82 Å². The molecule has 1 saturated carbocycles. The molecular formula is C17H17F4N3O. The molecule has 1 fully saturated rings. The van der Waals surface area contributed by atoms with Crippen LogP contribution in [0.1, 0.15) is 36.2 Å². The Morgan fingerprint density at radius 2 is 1.80 bits per heavy atom. The monoisotopic (exact) mass is 355 g/mol. The highest BCUT2D eigenvalue weighted by molar-refractivity contribution is 5.92. The van der Waals surface area contributed by atoms with Crippen LogP contribution in [0.25, 0.3) is 5.69 Å². The van der Waals surface area contributed by atoms with E-state index in [0.717, 1.165) is 0 Å². The van der Waals surface area contributed by atoms with E-state index in [4.69, 9.17) is 0 Å². The van der Waals surface area contributed by atoms with Crippen LogP contribution in [-0.4, -0.2) is 27.9 Å². The standard InChI is InChI=1S/C17H17F4N3O/c18-11-5-7-12(8-6-11)24-10-9-15(23-24)16(25)22-14-4-2-1-3-13(14)17(19,20)21/h5-10,13-14H,1-4H2,(H,22,25). The predicted octanol–water partition coefficient (Wildman–Crippen LogP) is 3.86. The smallest absolute Gasteiger partial charge is 0.347 e. The molecule has 134 valence electrons. The second kappa shape index (κ2) is 6.85. The summed E-state index contributed by atoms with van der Waals surface area (Å²) in [6.07, 6.45) is -1.33. The molecular weight excluding hydrogens is 338 g/mol. The maximum Gasteiger partial charge on any atom is 0.393 e. The third kappa shape index (κ3) is 4.00. The zero-order valence-electron chi connectivity index (χ0n) is 13.3. The first-order valence-corrected chi connectivity index (χ1v) is 8.04. The third-order valence-electron chi connectivity index (χ3n) is 4.42. The summed E-state index contributed by atoms with van der Waals surface area (Å²) in [5, 5.41) is 6.53. The summed E-state index contributed by atoms with van der Waals surface area (Å²) in [6.45, 7) is 0. The average Bonchev–Trinajstić information content (AvgIpc) is 3.05. The Labute approximate surface area is 141 Å². The predicted molar refractivity (Wildman–Crippen MR) is 82.8 cm³/mol. The van der Waals surface area contributed by atoms with Gasteiger partial charge in [-0.2, -0.15) is 18.3 Å². The van der Waals surface area contributed by atoms with Gasteiger partial charge in [-0.25, -0.2) is 9.07 Å². The van der Waals surface area contributed by atoms with E-state index in [1.807, 2.05) is 0 Å². The maximum atomic E-state index is 13.1. The quantitative estimate of drug-likeness (QED) is 0.850. The lowest BCUT2D eigenvalue weighted by atomic mass is 9.84. The largest absolute Gasteiger partial charge is 0.393 e. The van der Waals surface area contributed by atoms with Crippen molar-refractivity contribution in [3.05, 3.63) is 48.0 Å². The van der Waals surface area contributed by atoms with Crippen LogP contribution in [0.4, 0.5) is 17.6 Å². The van der Waals surface area contributed by atoms with Gasteiger partial charge in [0, 0.05) is 12.2 Å². The lowest BCUT2D eigenvalue weighted by Crippen LogP contribution is -2.47. The number of carbonyl (C=O) groups is 1. The van der Waals surface area contributed by atoms with Crippen LogP contribution in [0.5, 0.6) is 0 Å². The fourth-order valence-electron chi connectivity index (χ4n) is 3.12. The summed E-state index contributed by atoms with van der Waals surface area (Å²) in [5.74, 6) is -2.56. The van der Waals surface area contributed by atoms with Crippen molar-refractivity contribution < 1.29 is 22.4 Å². The first kappa shape index (κ1) is 17.4. The van der Waals surface area contributed by atoms with E-state index in [2.05, 4.69) is 10.4 Å². The van der Waals surface area contributed by atoms with E-state index in [-0.39, 0.29) is 12.1 Å². The molecule has 0 spiro atoms. The number of nitrogens with zero attached hydrogens (tertiary/aromatic N) is 2. The Balaban J connectivity index is 1.72. The normalized spacial score (nSPS) is 21.1. The maximum absolute atomic E-state index is 13.1. The Morgan fingerprint density at radius 3 is 2.48 bits per heavy atom. The summed E-state index contributed by atoms with van der Waals surface area (Å²) in [4.78, 5) is 12.3. The van der Waals surface area contributed by atoms with Crippen molar-refractivity contribution in [3.63, 3.8) is 0 Å². The van der Waals surface area contributed by atoms with Gasteiger partial charge in [-0.05, 0) is 43.2 Å². The van der Waals surface area contributed by atoms with Crippen LogP contribution in [0.15, 0.2) is 36.5 Å². The third-order valence-corrected chi connectivity index (χ3v) is 4.42. The van der Waals surface area contributed by atoms with Crippen molar-refractivity contribution in [2.75, 3.05) is 0 Å². The molecule has 0 bridgehead atoms. The molecule has 1 aromatic carbocycles. The van der Waals surface area contributed by atoms with E-state index in [0.29, 0.717) is 24.9 Å². The van der Waals surface area contributed by atoms with Crippen LogP contribution >= 0.6 is 0 Å². The molecule has 0 aliphatic heterocycles. The Morgan fingerprint density at radius 1 is 1.12 bits per heavy atom. The second-order valence-electron chi connectivity index (χ2n) is 6.13. The van der Waals surface area contributed by atoms with Crippen LogP contribution in [0, 0.1) is 11.7 Å². The van der Waals surface area contributed by atoms with Gasteiger partial charge in [0.2, 0.25) is 0 Å². The van der Waals surface area contributed by atoms with Gasteiger partial charge in [-0.15, -0.1) is 0 Å². The molecule has 1 heterocycles. The molecule has 0 radical (unpaired) electrons. The minimum Gasteiger partial charge on any atom is -0.347 e. The summed E-state index contributed by atoms with van der Waals surface area (Å²) in [5.41, 5.74) is 0.571. The molecule has 1 aliphatic carbocycles. The molecule has 4 nitrogen and oxygen atoms in total. The van der Waals surface area contributed by atoms with E-state index in [1.165, 1.54) is 41.2 Å². The lowest BCUT2D eigenvalue weighted by molar-refractivity contribution is -0.187. The molecule has 8 heteroatoms. The SMILES string of the molecule is O=C(NC1CCCCC1C(F)(F)F)c1ccn(-c2ccc(F)cc2)n1. The molecule has 0 saturated heterocycles. The number of aromatic nitrogens is 2. The Kier molecular flexibility index (Phi) is 4.78. The van der Waals surface area contributed by atoms with Crippen molar-refractivity contribution >= 4 is 5.91 Å². The number of carbonyl (C=O) groups excluding carboxylic acids is 1. The fourth-order valence-corrected chi connectivity index (χ4v) is 3.12. The fraction of sp³-hybridized carbons (Fsp3) is 0.412. The van der Waals surface area contributed by atoms with Crippen molar-refractivity contribution in [3.8, 4) is 5.69 Å². The van der Waals surface area contributed by atoms with Gasteiger partial charge in [0.05, 0.1) is 11.6 Å². The number of hydrogen-bond donors (Lipinski definition) is 1. The molecule has 1 amide bonds. The van der Waals surface area contributed by atoms with Crippen LogP contribution in [0.3, 0.4) is 0 Å². The summed E-state index contributed by atoms with van der Waals surface area (Å²) in [6, 6.07) is 5.98. The minimum atomic E-state index is -4.33. The molecule has 25 heavy (non-hydrogen) atoms. The Hall–Kier alpha value is -2.38. The van der Waals surface area contributed by atoms with Crippen molar-refractivity contribution in [1.82, 2.24) is 15.1 Å². The van der Waals surface area contributed by atoms with Crippen molar-refractivity contribution in [2.24, 2.45) is 5.92 Å². The molecule has 3 rings (SSSR count). The van der Waals surface area contributed by atoms with E-state index in [1.54, 1.807) is 0 Å². The van der Waals surface area contributed by atoms with Gasteiger partial charge < -0.3 is 5.32 Å².